The molecule has 0 radical (unpaired) electrons. The second-order valence-corrected chi connectivity index (χ2v) is 3.71. The first-order chi connectivity index (χ1) is 7.70. The Bertz CT molecular complexity index is 471. The number of H-pyrrole nitrogens is 1. The molecule has 0 bridgehead atoms. The van der Waals surface area contributed by atoms with Crippen molar-refractivity contribution in [2.45, 2.75) is 6.54 Å². The topological polar surface area (TPSA) is 45.3 Å². The first kappa shape index (κ1) is 10.5. The van der Waals surface area contributed by atoms with Gasteiger partial charge in [-0.25, -0.2) is 4.79 Å². The lowest BCUT2D eigenvalue weighted by atomic mass is 10.2. The van der Waals surface area contributed by atoms with Crippen LogP contribution in [-0.2, 0) is 11.3 Å². The summed E-state index contributed by atoms with van der Waals surface area (Å²) in [6.07, 6.45) is -0.335. The first-order valence-corrected chi connectivity index (χ1v) is 5.06. The zero-order chi connectivity index (χ0) is 11.5. The smallest absolute Gasteiger partial charge is 0.409 e. The molecule has 2 rings (SSSR count). The molecule has 16 heavy (non-hydrogen) atoms. The summed E-state index contributed by atoms with van der Waals surface area (Å²) in [5, 5.41) is 1.15. The van der Waals surface area contributed by atoms with Gasteiger partial charge in [-0.1, -0.05) is 18.2 Å². The normalized spacial score (nSPS) is 10.4. The fourth-order valence-electron chi connectivity index (χ4n) is 1.69. The summed E-state index contributed by atoms with van der Waals surface area (Å²) in [6, 6.07) is 10.1. The third kappa shape index (κ3) is 2.00. The zero-order valence-corrected chi connectivity index (χ0v) is 9.36. The Hall–Kier alpha value is -1.97. The lowest BCUT2D eigenvalue weighted by Gasteiger charge is -2.13. The molecule has 0 saturated heterocycles. The zero-order valence-electron chi connectivity index (χ0n) is 9.36. The van der Waals surface area contributed by atoms with Gasteiger partial charge in [0.2, 0.25) is 0 Å². The predicted octanol–water partition coefficient (Wildman–Crippen LogP) is 2.37. The van der Waals surface area contributed by atoms with Crippen LogP contribution in [0.25, 0.3) is 10.9 Å². The number of fused-ring (bicyclic) bond motifs is 1. The van der Waals surface area contributed by atoms with Gasteiger partial charge in [-0.05, 0) is 17.5 Å². The van der Waals surface area contributed by atoms with E-state index in [4.69, 9.17) is 0 Å². The fraction of sp³-hybridized carbons (Fsp3) is 0.250. The van der Waals surface area contributed by atoms with E-state index >= 15 is 0 Å². The summed E-state index contributed by atoms with van der Waals surface area (Å²) < 4.78 is 4.63. The Kier molecular flexibility index (Phi) is 2.81. The lowest BCUT2D eigenvalue weighted by Crippen LogP contribution is -2.25. The van der Waals surface area contributed by atoms with Gasteiger partial charge < -0.3 is 14.6 Å². The number of nitrogens with zero attached hydrogens (tertiary/aromatic N) is 1. The molecular formula is C12H14N2O2. The second-order valence-electron chi connectivity index (χ2n) is 3.71. The number of amides is 1. The number of methoxy groups -OCH3 is 1. The van der Waals surface area contributed by atoms with E-state index in [2.05, 4.69) is 9.72 Å². The number of hydrogen-bond donors (Lipinski definition) is 1. The summed E-state index contributed by atoms with van der Waals surface area (Å²) in [5.74, 6) is 0. The van der Waals surface area contributed by atoms with Gasteiger partial charge in [-0.3, -0.25) is 0 Å². The van der Waals surface area contributed by atoms with Crippen LogP contribution in [0.4, 0.5) is 4.79 Å². The number of nitrogens with one attached hydrogen (secondary N) is 1. The molecule has 84 valence electrons. The van der Waals surface area contributed by atoms with Gasteiger partial charge in [0.1, 0.15) is 0 Å². The summed E-state index contributed by atoms with van der Waals surface area (Å²) in [4.78, 5) is 16.0. The van der Waals surface area contributed by atoms with Crippen molar-refractivity contribution in [2.24, 2.45) is 0 Å². The van der Waals surface area contributed by atoms with Crippen LogP contribution in [-0.4, -0.2) is 30.1 Å². The third-order valence-corrected chi connectivity index (χ3v) is 2.48. The van der Waals surface area contributed by atoms with Crippen molar-refractivity contribution < 1.29 is 9.53 Å². The Balaban J connectivity index is 2.18. The fourth-order valence-corrected chi connectivity index (χ4v) is 1.69. The average Bonchev–Trinajstić information content (AvgIpc) is 2.69. The number of aromatic amines is 1. The third-order valence-electron chi connectivity index (χ3n) is 2.48. The Morgan fingerprint density at radius 2 is 2.19 bits per heavy atom. The summed E-state index contributed by atoms with van der Waals surface area (Å²) in [6.45, 7) is 0.515. The highest BCUT2D eigenvalue weighted by molar-refractivity contribution is 5.80. The van der Waals surface area contributed by atoms with Crippen LogP contribution in [0.3, 0.4) is 0 Å². The van der Waals surface area contributed by atoms with Gasteiger partial charge in [0.15, 0.2) is 0 Å². The number of benzene rings is 1. The number of carbonyl (C=O) groups is 1. The standard InChI is InChI=1S/C12H14N2O2/c1-14(12(15)16-2)8-10-7-9-5-3-4-6-11(9)13-10/h3-7,13H,8H2,1-2H3. The molecule has 4 nitrogen and oxygen atoms in total. The van der Waals surface area contributed by atoms with Crippen molar-refractivity contribution in [1.82, 2.24) is 9.88 Å². The Labute approximate surface area is 93.8 Å². The number of aromatic nitrogens is 1. The Morgan fingerprint density at radius 3 is 2.88 bits per heavy atom. The summed E-state index contributed by atoms with van der Waals surface area (Å²) in [5.41, 5.74) is 2.07. The number of ether oxygens (including phenoxy) is 1. The van der Waals surface area contributed by atoms with E-state index in [0.29, 0.717) is 6.54 Å². The van der Waals surface area contributed by atoms with Crippen molar-refractivity contribution in [3.63, 3.8) is 0 Å². The Morgan fingerprint density at radius 1 is 1.44 bits per heavy atom. The molecule has 0 saturated carbocycles. The summed E-state index contributed by atoms with van der Waals surface area (Å²) >= 11 is 0. The van der Waals surface area contributed by atoms with Crippen LogP contribution >= 0.6 is 0 Å². The number of hydrogen-bond acceptors (Lipinski definition) is 2. The molecule has 4 heteroatoms. The van der Waals surface area contributed by atoms with Gasteiger partial charge in [-0.2, -0.15) is 0 Å². The molecule has 0 aliphatic rings. The van der Waals surface area contributed by atoms with E-state index < -0.39 is 0 Å². The maximum Gasteiger partial charge on any atom is 0.409 e. The maximum absolute atomic E-state index is 11.2. The van der Waals surface area contributed by atoms with Gasteiger partial charge >= 0.3 is 6.09 Å². The van der Waals surface area contributed by atoms with E-state index in [0.717, 1.165) is 16.6 Å². The van der Waals surface area contributed by atoms with Crippen LogP contribution in [0, 0.1) is 0 Å². The molecule has 0 atom stereocenters. The number of carbonyl (C=O) groups excluding carboxylic acids is 1. The molecule has 1 amide bonds. The molecule has 1 heterocycles. The molecule has 0 unspecified atom stereocenters. The molecule has 0 aliphatic carbocycles. The van der Waals surface area contributed by atoms with Crippen LogP contribution < -0.4 is 0 Å². The number of para-hydroxylation sites is 1. The van der Waals surface area contributed by atoms with E-state index in [9.17, 15) is 4.79 Å². The molecule has 2 aromatic rings. The van der Waals surface area contributed by atoms with Crippen molar-refractivity contribution in [1.29, 1.82) is 0 Å². The predicted molar refractivity (Wildman–Crippen MR) is 62.2 cm³/mol. The van der Waals surface area contributed by atoms with Crippen molar-refractivity contribution in [2.75, 3.05) is 14.2 Å². The van der Waals surface area contributed by atoms with Gasteiger partial charge in [-0.15, -0.1) is 0 Å². The first-order valence-electron chi connectivity index (χ1n) is 5.06. The molecular weight excluding hydrogens is 204 g/mol. The van der Waals surface area contributed by atoms with Crippen LogP contribution in [0.1, 0.15) is 5.69 Å². The minimum atomic E-state index is -0.335. The minimum Gasteiger partial charge on any atom is -0.453 e. The minimum absolute atomic E-state index is 0.335. The molecule has 0 spiro atoms. The van der Waals surface area contributed by atoms with E-state index in [1.807, 2.05) is 30.3 Å². The van der Waals surface area contributed by atoms with Crippen LogP contribution in [0.15, 0.2) is 30.3 Å². The van der Waals surface area contributed by atoms with Crippen molar-refractivity contribution in [3.8, 4) is 0 Å². The average molecular weight is 218 g/mol. The molecule has 0 fully saturated rings. The largest absolute Gasteiger partial charge is 0.453 e. The van der Waals surface area contributed by atoms with E-state index in [-0.39, 0.29) is 6.09 Å². The molecule has 1 N–H and O–H groups in total. The van der Waals surface area contributed by atoms with E-state index in [1.54, 1.807) is 7.05 Å². The van der Waals surface area contributed by atoms with Crippen molar-refractivity contribution >= 4 is 17.0 Å². The molecule has 0 aliphatic heterocycles. The molecule has 1 aromatic heterocycles. The molecule has 1 aromatic carbocycles. The number of rotatable bonds is 2. The quantitative estimate of drug-likeness (QED) is 0.841. The maximum atomic E-state index is 11.2. The van der Waals surface area contributed by atoms with Crippen LogP contribution in [0.5, 0.6) is 0 Å². The van der Waals surface area contributed by atoms with Gasteiger partial charge in [0, 0.05) is 18.3 Å². The van der Waals surface area contributed by atoms with Gasteiger partial charge in [0.05, 0.1) is 13.7 Å². The van der Waals surface area contributed by atoms with Crippen LogP contribution in [0.2, 0.25) is 0 Å². The van der Waals surface area contributed by atoms with Crippen molar-refractivity contribution in [3.05, 3.63) is 36.0 Å². The highest BCUT2D eigenvalue weighted by Crippen LogP contribution is 2.15. The highest BCUT2D eigenvalue weighted by atomic mass is 16.5. The SMILES string of the molecule is COC(=O)N(C)Cc1cc2ccccc2[nH]1. The van der Waals surface area contributed by atoms with Gasteiger partial charge in [0.25, 0.3) is 0 Å². The monoisotopic (exact) mass is 218 g/mol. The lowest BCUT2D eigenvalue weighted by molar-refractivity contribution is 0.131. The second kappa shape index (κ2) is 4.26. The summed E-state index contributed by atoms with van der Waals surface area (Å²) in [7, 11) is 3.08. The van der Waals surface area contributed by atoms with E-state index in [1.165, 1.54) is 12.0 Å². The highest BCUT2D eigenvalue weighted by Gasteiger charge is 2.09.